The summed E-state index contributed by atoms with van der Waals surface area (Å²) < 4.78 is 8.08. The Labute approximate surface area is 221 Å². The van der Waals surface area contributed by atoms with Crippen molar-refractivity contribution in [3.05, 3.63) is 94.8 Å². The van der Waals surface area contributed by atoms with Gasteiger partial charge in [0, 0.05) is 28.9 Å². The molecule has 7 heteroatoms. The number of aromatic carboxylic acids is 1. The lowest BCUT2D eigenvalue weighted by atomic mass is 9.91. The zero-order valence-electron chi connectivity index (χ0n) is 21.7. The van der Waals surface area contributed by atoms with Crippen molar-refractivity contribution >= 4 is 34.2 Å². The third-order valence-corrected chi connectivity index (χ3v) is 7.01. The van der Waals surface area contributed by atoms with Gasteiger partial charge in [0.05, 0.1) is 16.6 Å². The Balaban J connectivity index is 1.56. The maximum Gasteiger partial charge on any atom is 0.335 e. The first-order chi connectivity index (χ1) is 18.5. The Kier molecular flexibility index (Phi) is 7.26. The first-order valence-electron chi connectivity index (χ1n) is 13.0. The Hall–Kier alpha value is -4.39. The molecule has 0 saturated carbocycles. The van der Waals surface area contributed by atoms with Crippen molar-refractivity contribution in [3.63, 3.8) is 0 Å². The number of benzene rings is 3. The number of nitrogens with zero attached hydrogens (tertiary/aromatic N) is 2. The van der Waals surface area contributed by atoms with E-state index in [2.05, 4.69) is 17.2 Å². The summed E-state index contributed by atoms with van der Waals surface area (Å²) in [5, 5.41) is 12.7. The molecule has 1 aliphatic rings. The maximum absolute atomic E-state index is 12.7. The molecule has 4 aromatic rings. The number of ether oxygens (including phenoxy) is 1. The van der Waals surface area contributed by atoms with Crippen molar-refractivity contribution < 1.29 is 19.4 Å². The average molecular weight is 510 g/mol. The number of carbonyl (C=O) groups excluding carboxylic acids is 1. The second-order valence-corrected chi connectivity index (χ2v) is 9.56. The monoisotopic (exact) mass is 509 g/mol. The molecule has 1 aliphatic heterocycles. The van der Waals surface area contributed by atoms with Crippen LogP contribution in [-0.4, -0.2) is 33.1 Å². The van der Waals surface area contributed by atoms with Crippen LogP contribution in [0, 0.1) is 0 Å². The normalized spacial score (nSPS) is 13.7. The number of nitrogens with one attached hydrogen (secondary N) is 1. The van der Waals surface area contributed by atoms with Crippen molar-refractivity contribution in [2.24, 2.45) is 0 Å². The molecule has 0 fully saturated rings. The maximum atomic E-state index is 12.7. The molecule has 0 radical (unpaired) electrons. The van der Waals surface area contributed by atoms with Gasteiger partial charge >= 0.3 is 5.97 Å². The summed E-state index contributed by atoms with van der Waals surface area (Å²) in [5.41, 5.74) is 6.80. The molecule has 7 nitrogen and oxygen atoms in total. The number of amides is 1. The van der Waals surface area contributed by atoms with Crippen molar-refractivity contribution in [1.82, 2.24) is 14.9 Å². The number of carboxylic acids is 1. The first kappa shape index (κ1) is 25.3. The molecular weight excluding hydrogens is 478 g/mol. The smallest absolute Gasteiger partial charge is 0.335 e. The third-order valence-electron chi connectivity index (χ3n) is 7.01. The fraction of sp³-hybridized carbons (Fsp3) is 0.258. The van der Waals surface area contributed by atoms with Crippen LogP contribution in [0.15, 0.2) is 67.0 Å². The summed E-state index contributed by atoms with van der Waals surface area (Å²) >= 11 is 0. The van der Waals surface area contributed by atoms with Crippen molar-refractivity contribution in [1.29, 1.82) is 0 Å². The number of rotatable bonds is 8. The highest BCUT2D eigenvalue weighted by Crippen LogP contribution is 2.40. The zero-order valence-corrected chi connectivity index (χ0v) is 21.7. The molecule has 5 rings (SSSR count). The Morgan fingerprint density at radius 2 is 1.82 bits per heavy atom. The van der Waals surface area contributed by atoms with Gasteiger partial charge in [-0.25, -0.2) is 9.78 Å². The number of hydrogen-bond acceptors (Lipinski definition) is 4. The molecule has 3 aromatic carbocycles. The molecule has 0 saturated heterocycles. The number of carboxylic acid groups (broad SMARTS) is 1. The minimum atomic E-state index is -0.994. The lowest BCUT2D eigenvalue weighted by molar-refractivity contribution is 0.0696. The van der Waals surface area contributed by atoms with Crippen LogP contribution in [0.2, 0.25) is 0 Å². The Morgan fingerprint density at radius 1 is 1.00 bits per heavy atom. The third kappa shape index (κ3) is 4.92. The fourth-order valence-electron chi connectivity index (χ4n) is 4.96. The van der Waals surface area contributed by atoms with Crippen LogP contribution in [0.4, 0.5) is 0 Å². The lowest BCUT2D eigenvalue weighted by Gasteiger charge is -2.16. The lowest BCUT2D eigenvalue weighted by Crippen LogP contribution is -2.24. The Morgan fingerprint density at radius 3 is 2.63 bits per heavy atom. The minimum Gasteiger partial charge on any atom is -0.488 e. The molecule has 0 unspecified atom stereocenters. The molecule has 0 aliphatic carbocycles. The topological polar surface area (TPSA) is 93.5 Å². The molecule has 1 amide bonds. The van der Waals surface area contributed by atoms with Gasteiger partial charge < -0.3 is 19.7 Å². The second-order valence-electron chi connectivity index (χ2n) is 9.56. The van der Waals surface area contributed by atoms with Gasteiger partial charge in [-0.05, 0) is 60.9 Å². The van der Waals surface area contributed by atoms with Crippen LogP contribution in [0.5, 0.6) is 5.75 Å². The van der Waals surface area contributed by atoms with Gasteiger partial charge in [-0.15, -0.1) is 0 Å². The van der Waals surface area contributed by atoms with E-state index in [-0.39, 0.29) is 11.5 Å². The molecule has 194 valence electrons. The molecule has 2 N–H and O–H groups in total. The highest BCUT2D eigenvalue weighted by molar-refractivity contribution is 6.01. The van der Waals surface area contributed by atoms with E-state index >= 15 is 0 Å². The van der Waals surface area contributed by atoms with E-state index in [0.717, 1.165) is 47.2 Å². The van der Waals surface area contributed by atoms with Crippen molar-refractivity contribution in [2.75, 3.05) is 6.54 Å². The molecular formula is C31H31N3O4. The largest absolute Gasteiger partial charge is 0.488 e. The van der Waals surface area contributed by atoms with Crippen LogP contribution < -0.4 is 10.1 Å². The molecule has 0 atom stereocenters. The second kappa shape index (κ2) is 10.9. The van der Waals surface area contributed by atoms with Gasteiger partial charge in [0.15, 0.2) is 0 Å². The standard InChI is InChI=1S/C31H31N3O4/c1-3-4-5-8-15-32-30(35)21-11-13-27-26(17-21)33-19-34(27)20(2)29-24-10-7-6-9-23(24)18-38-28-14-12-22(31(36)37)16-25(28)29/h6-7,9-14,16-17,19H,3-5,8,15,18H2,1-2H3,(H,32,35)(H,36,37)/b29-20+. The van der Waals surface area contributed by atoms with E-state index < -0.39 is 5.97 Å². The summed E-state index contributed by atoms with van der Waals surface area (Å²) in [4.78, 5) is 29.1. The number of carbonyl (C=O) groups is 2. The van der Waals surface area contributed by atoms with Crippen LogP contribution in [-0.2, 0) is 6.61 Å². The summed E-state index contributed by atoms with van der Waals surface area (Å²) in [7, 11) is 0. The van der Waals surface area contributed by atoms with E-state index in [1.54, 1.807) is 24.5 Å². The number of allylic oxidation sites excluding steroid dienone is 1. The summed E-state index contributed by atoms with van der Waals surface area (Å²) in [6, 6.07) is 18.5. The molecule has 2 heterocycles. The predicted octanol–water partition coefficient (Wildman–Crippen LogP) is 6.37. The van der Waals surface area contributed by atoms with E-state index in [4.69, 9.17) is 4.74 Å². The molecule has 38 heavy (non-hydrogen) atoms. The zero-order chi connectivity index (χ0) is 26.6. The SMILES string of the molecule is CCCCCCNC(=O)c1ccc2c(c1)ncn2/C(C)=C1\c2ccccc2COc2ccc(C(=O)O)cc21. The number of fused-ring (bicyclic) bond motifs is 3. The highest BCUT2D eigenvalue weighted by atomic mass is 16.5. The van der Waals surface area contributed by atoms with Crippen LogP contribution in [0.25, 0.3) is 22.3 Å². The molecule has 0 spiro atoms. The quantitative estimate of drug-likeness (QED) is 0.269. The molecule has 1 aromatic heterocycles. The van der Waals surface area contributed by atoms with E-state index in [1.807, 2.05) is 54.0 Å². The number of unbranched alkanes of at least 4 members (excludes halogenated alkanes) is 3. The highest BCUT2D eigenvalue weighted by Gasteiger charge is 2.24. The van der Waals surface area contributed by atoms with Gasteiger partial charge in [0.25, 0.3) is 5.91 Å². The first-order valence-corrected chi connectivity index (χ1v) is 13.0. The van der Waals surface area contributed by atoms with Crippen molar-refractivity contribution in [3.8, 4) is 5.75 Å². The minimum absolute atomic E-state index is 0.0991. The fourth-order valence-corrected chi connectivity index (χ4v) is 4.96. The number of hydrogen-bond donors (Lipinski definition) is 2. The van der Waals surface area contributed by atoms with Crippen molar-refractivity contribution in [2.45, 2.75) is 46.1 Å². The summed E-state index contributed by atoms with van der Waals surface area (Å²) in [6.07, 6.45) is 6.16. The van der Waals surface area contributed by atoms with E-state index in [0.29, 0.717) is 35.5 Å². The van der Waals surface area contributed by atoms with Crippen LogP contribution >= 0.6 is 0 Å². The predicted molar refractivity (Wildman–Crippen MR) is 148 cm³/mol. The van der Waals surface area contributed by atoms with E-state index in [1.165, 1.54) is 6.42 Å². The number of imidazole rings is 1. The van der Waals surface area contributed by atoms with E-state index in [9.17, 15) is 14.7 Å². The summed E-state index contributed by atoms with van der Waals surface area (Å²) in [5.74, 6) is -0.465. The Bertz CT molecular complexity index is 1550. The van der Waals surface area contributed by atoms with Gasteiger partial charge in [0.1, 0.15) is 18.7 Å². The van der Waals surface area contributed by atoms with Gasteiger partial charge in [0.2, 0.25) is 0 Å². The van der Waals surface area contributed by atoms with Crippen LogP contribution in [0.1, 0.15) is 76.9 Å². The number of aromatic nitrogens is 2. The van der Waals surface area contributed by atoms with Crippen LogP contribution in [0.3, 0.4) is 0 Å². The average Bonchev–Trinajstić information content (AvgIpc) is 3.28. The summed E-state index contributed by atoms with van der Waals surface area (Å²) in [6.45, 7) is 5.20. The molecule has 0 bridgehead atoms. The van der Waals surface area contributed by atoms with Gasteiger partial charge in [-0.2, -0.15) is 0 Å². The van der Waals surface area contributed by atoms with Gasteiger partial charge in [-0.1, -0.05) is 50.5 Å². The van der Waals surface area contributed by atoms with Gasteiger partial charge in [-0.3, -0.25) is 4.79 Å².